The smallest absolute Gasteiger partial charge is 0.340 e. The molecule has 0 amide bonds. The van der Waals surface area contributed by atoms with Crippen LogP contribution in [0, 0.1) is 0 Å². The lowest BCUT2D eigenvalue weighted by molar-refractivity contribution is -0.188. The molecule has 2 aliphatic rings. The van der Waals surface area contributed by atoms with Crippen LogP contribution in [-0.2, 0) is 70.3 Å². The van der Waals surface area contributed by atoms with Crippen molar-refractivity contribution in [1.29, 1.82) is 0 Å². The van der Waals surface area contributed by atoms with Gasteiger partial charge in [0.25, 0.3) is 0 Å². The molecule has 0 N–H and O–H groups in total. The highest BCUT2D eigenvalue weighted by Gasteiger charge is 2.48. The van der Waals surface area contributed by atoms with Gasteiger partial charge in [-0.15, -0.1) is 0 Å². The summed E-state index contributed by atoms with van der Waals surface area (Å²) in [5.41, 5.74) is 2.90. The topological polar surface area (TPSA) is 149 Å². The lowest BCUT2D eigenvalue weighted by Gasteiger charge is -2.45. The summed E-state index contributed by atoms with van der Waals surface area (Å²) >= 11 is 3.09. The number of ether oxygens (including phenoxy) is 8. The minimum absolute atomic E-state index is 0.0474. The molecule has 0 bridgehead atoms. The van der Waals surface area contributed by atoms with Crippen LogP contribution >= 0.6 is 15.9 Å². The number of methoxy groups -OCH3 is 4. The van der Waals surface area contributed by atoms with Gasteiger partial charge in [-0.3, -0.25) is 9.59 Å². The third-order valence-electron chi connectivity index (χ3n) is 10.0. The van der Waals surface area contributed by atoms with Gasteiger partial charge >= 0.3 is 23.9 Å². The summed E-state index contributed by atoms with van der Waals surface area (Å²) in [4.78, 5) is 51.0. The van der Waals surface area contributed by atoms with E-state index >= 15 is 0 Å². The first kappa shape index (κ1) is 50.3. The zero-order chi connectivity index (χ0) is 45.3. The van der Waals surface area contributed by atoms with Gasteiger partial charge in [-0.2, -0.15) is 0 Å². The van der Waals surface area contributed by atoms with Gasteiger partial charge < -0.3 is 47.7 Å². The van der Waals surface area contributed by atoms with Crippen LogP contribution in [0.3, 0.4) is 0 Å². The zero-order valence-electron chi connectivity index (χ0n) is 36.4. The first-order chi connectivity index (χ1) is 30.6. The molecular weight excluding hydrogens is 876 g/mol. The maximum absolute atomic E-state index is 12.8. The molecule has 0 spiro atoms. The van der Waals surface area contributed by atoms with Gasteiger partial charge in [-0.05, 0) is 41.8 Å². The normalized spacial score (nSPS) is 19.2. The number of alkyl halides is 1. The third kappa shape index (κ3) is 17.1. The molecule has 6 rings (SSSR count). The van der Waals surface area contributed by atoms with Crippen molar-refractivity contribution in [3.05, 3.63) is 132 Å². The average Bonchev–Trinajstić information content (AvgIpc) is 3.34. The van der Waals surface area contributed by atoms with Gasteiger partial charge in [-0.1, -0.05) is 113 Å². The summed E-state index contributed by atoms with van der Waals surface area (Å²) < 4.78 is 42.9. The Morgan fingerprint density at radius 2 is 1.08 bits per heavy atom. The molecule has 4 aromatic carbocycles. The molecule has 340 valence electrons. The number of carbonyl (C=O) groups is 4. The SMILES string of the molecule is COC(=O)C1CN(c2ccccc2)CC(COCc2ccccc2)O1.COC(=O)CCBr.COC(=O)CCC1(C(=O)OC)CN(c2ccccc2)CC(COCc2ccccc2)O1. The fourth-order valence-electron chi connectivity index (χ4n) is 6.87. The minimum atomic E-state index is -1.29. The van der Waals surface area contributed by atoms with Crippen molar-refractivity contribution >= 4 is 51.2 Å². The fourth-order valence-corrected chi connectivity index (χ4v) is 7.19. The number of nitrogens with zero attached hydrogens (tertiary/aromatic N) is 2. The van der Waals surface area contributed by atoms with E-state index in [1.54, 1.807) is 0 Å². The summed E-state index contributed by atoms with van der Waals surface area (Å²) in [5.74, 6) is -1.43. The molecule has 4 unspecified atom stereocenters. The molecule has 0 radical (unpaired) electrons. The van der Waals surface area contributed by atoms with E-state index in [2.05, 4.69) is 30.5 Å². The maximum atomic E-state index is 12.8. The molecular formula is C48H59BrN2O12. The molecule has 14 nitrogen and oxygen atoms in total. The van der Waals surface area contributed by atoms with Gasteiger partial charge in [0.15, 0.2) is 11.7 Å². The number of morpholine rings is 2. The van der Waals surface area contributed by atoms with Crippen LogP contribution in [0.15, 0.2) is 121 Å². The molecule has 2 heterocycles. The minimum Gasteiger partial charge on any atom is -0.469 e. The summed E-state index contributed by atoms with van der Waals surface area (Å²) in [5, 5.41) is 0.680. The average molecular weight is 936 g/mol. The van der Waals surface area contributed by atoms with E-state index < -0.39 is 23.6 Å². The Bertz CT molecular complexity index is 1930. The highest BCUT2D eigenvalue weighted by Crippen LogP contribution is 2.32. The Morgan fingerprint density at radius 1 is 0.603 bits per heavy atom. The number of para-hydroxylation sites is 2. The number of benzene rings is 4. The number of anilines is 2. The maximum Gasteiger partial charge on any atom is 0.340 e. The molecule has 0 saturated carbocycles. The predicted octanol–water partition coefficient (Wildman–Crippen LogP) is 6.57. The lowest BCUT2D eigenvalue weighted by Crippen LogP contribution is -2.61. The largest absolute Gasteiger partial charge is 0.469 e. The van der Waals surface area contributed by atoms with E-state index in [9.17, 15) is 19.2 Å². The van der Waals surface area contributed by atoms with Gasteiger partial charge in [0.2, 0.25) is 0 Å². The fraction of sp³-hybridized carbons (Fsp3) is 0.417. The van der Waals surface area contributed by atoms with Crippen molar-refractivity contribution in [2.75, 3.05) is 83.0 Å². The van der Waals surface area contributed by atoms with Crippen molar-refractivity contribution < 1.29 is 57.1 Å². The first-order valence-corrected chi connectivity index (χ1v) is 21.8. The zero-order valence-corrected chi connectivity index (χ0v) is 38.0. The standard InChI is InChI=1S/C24H29NO6.C20H23NO4.C4H7BrO2/c1-28-22(26)13-14-24(23(27)29-2)18-25(20-11-7-4-8-12-20)15-21(31-24)17-30-16-19-9-5-3-6-10-19;1-23-20(22)19-13-21(17-10-6-3-7-11-17)12-18(25-19)15-24-14-16-8-4-2-5-9-16;1-7-4(6)2-3-5/h3-12,21H,13-18H2,1-2H3;2-11,18-19H,12-15H2,1H3;2-3H2,1H3. The number of hydrogen-bond donors (Lipinski definition) is 0. The monoisotopic (exact) mass is 934 g/mol. The second kappa shape index (κ2) is 27.7. The van der Waals surface area contributed by atoms with Crippen LogP contribution in [0.2, 0.25) is 0 Å². The summed E-state index contributed by atoms with van der Waals surface area (Å²) in [7, 11) is 5.42. The van der Waals surface area contributed by atoms with Crippen LogP contribution in [0.4, 0.5) is 11.4 Å². The van der Waals surface area contributed by atoms with Crippen LogP contribution in [0.25, 0.3) is 0 Å². The van der Waals surface area contributed by atoms with E-state index in [-0.39, 0.29) is 43.5 Å². The molecule has 4 aromatic rings. The van der Waals surface area contributed by atoms with E-state index in [1.165, 1.54) is 28.4 Å². The molecule has 2 saturated heterocycles. The molecule has 0 aromatic heterocycles. The number of esters is 4. The Balaban J connectivity index is 0.000000244. The van der Waals surface area contributed by atoms with Crippen molar-refractivity contribution in [2.45, 2.75) is 56.4 Å². The van der Waals surface area contributed by atoms with Gasteiger partial charge in [0.05, 0.1) is 86.6 Å². The van der Waals surface area contributed by atoms with Gasteiger partial charge in [0, 0.05) is 36.2 Å². The molecule has 2 aliphatic heterocycles. The lowest BCUT2D eigenvalue weighted by atomic mass is 9.93. The molecule has 4 atom stereocenters. The van der Waals surface area contributed by atoms with Crippen molar-refractivity contribution in [2.24, 2.45) is 0 Å². The highest BCUT2D eigenvalue weighted by atomic mass is 79.9. The second-order valence-electron chi connectivity index (χ2n) is 14.5. The van der Waals surface area contributed by atoms with Crippen molar-refractivity contribution in [1.82, 2.24) is 0 Å². The Labute approximate surface area is 378 Å². The van der Waals surface area contributed by atoms with E-state index in [4.69, 9.17) is 33.2 Å². The summed E-state index contributed by atoms with van der Waals surface area (Å²) in [6.07, 6.45) is -0.520. The quantitative estimate of drug-likeness (QED) is 0.0639. The molecule has 0 aliphatic carbocycles. The highest BCUT2D eigenvalue weighted by molar-refractivity contribution is 9.09. The van der Waals surface area contributed by atoms with Crippen LogP contribution in [-0.4, -0.2) is 121 Å². The Kier molecular flexibility index (Phi) is 22.1. The van der Waals surface area contributed by atoms with Crippen LogP contribution < -0.4 is 9.80 Å². The first-order valence-electron chi connectivity index (χ1n) is 20.7. The van der Waals surface area contributed by atoms with Crippen molar-refractivity contribution in [3.8, 4) is 0 Å². The van der Waals surface area contributed by atoms with Crippen LogP contribution in [0.1, 0.15) is 30.4 Å². The number of hydrogen-bond acceptors (Lipinski definition) is 14. The Morgan fingerprint density at radius 3 is 1.56 bits per heavy atom. The van der Waals surface area contributed by atoms with Crippen LogP contribution in [0.5, 0.6) is 0 Å². The number of carbonyl (C=O) groups excluding carboxylic acids is 4. The van der Waals surface area contributed by atoms with E-state index in [1.807, 2.05) is 121 Å². The Hall–Kier alpha value is -5.32. The molecule has 2 fully saturated rings. The summed E-state index contributed by atoms with van der Waals surface area (Å²) in [6.45, 7) is 3.67. The number of rotatable bonds is 17. The van der Waals surface area contributed by atoms with E-state index in [0.717, 1.165) is 22.5 Å². The predicted molar refractivity (Wildman–Crippen MR) is 241 cm³/mol. The van der Waals surface area contributed by atoms with Gasteiger partial charge in [0.1, 0.15) is 0 Å². The van der Waals surface area contributed by atoms with Crippen molar-refractivity contribution in [3.63, 3.8) is 0 Å². The molecule has 15 heteroatoms. The third-order valence-corrected chi connectivity index (χ3v) is 10.4. The number of halogens is 1. The van der Waals surface area contributed by atoms with Gasteiger partial charge in [-0.25, -0.2) is 9.59 Å². The van der Waals surface area contributed by atoms with E-state index in [0.29, 0.717) is 57.8 Å². The molecule has 63 heavy (non-hydrogen) atoms. The summed E-state index contributed by atoms with van der Waals surface area (Å²) in [6, 6.07) is 39.7. The second-order valence-corrected chi connectivity index (χ2v) is 15.3.